The van der Waals surface area contributed by atoms with Crippen LogP contribution >= 0.6 is 15.9 Å². The molecular formula is C6H3BrF2N2O3. The van der Waals surface area contributed by atoms with E-state index >= 15 is 0 Å². The van der Waals surface area contributed by atoms with E-state index in [-0.39, 0.29) is 0 Å². The molecule has 0 aromatic carbocycles. The van der Waals surface area contributed by atoms with E-state index in [1.807, 2.05) is 4.98 Å². The summed E-state index contributed by atoms with van der Waals surface area (Å²) in [6, 6.07) is 0. The van der Waals surface area contributed by atoms with Gasteiger partial charge in [-0.2, -0.15) is 0 Å². The third-order valence-corrected chi connectivity index (χ3v) is 2.29. The van der Waals surface area contributed by atoms with Gasteiger partial charge in [0.25, 0.3) is 17.7 Å². The smallest absolute Gasteiger partial charge is 0.300 e. The van der Waals surface area contributed by atoms with E-state index in [2.05, 4.69) is 15.9 Å². The summed E-state index contributed by atoms with van der Waals surface area (Å²) in [5.74, 6) is 0. The van der Waals surface area contributed by atoms with Gasteiger partial charge in [-0.25, -0.2) is 8.78 Å². The Hall–Kier alpha value is -1.31. The van der Waals surface area contributed by atoms with Crippen LogP contribution in [0.2, 0.25) is 0 Å². The van der Waals surface area contributed by atoms with Crippen LogP contribution in [0, 0.1) is 10.1 Å². The van der Waals surface area contributed by atoms with Gasteiger partial charge in [0.15, 0.2) is 0 Å². The maximum absolute atomic E-state index is 12.3. The number of halogens is 3. The molecule has 1 aromatic heterocycles. The SMILES string of the molecule is O=c1[nH]cc([N+](=O)[O-])c(Br)c1C(F)F. The lowest BCUT2D eigenvalue weighted by molar-refractivity contribution is -0.386. The van der Waals surface area contributed by atoms with Crippen LogP contribution < -0.4 is 5.56 Å². The number of hydrogen-bond acceptors (Lipinski definition) is 3. The van der Waals surface area contributed by atoms with E-state index in [9.17, 15) is 23.7 Å². The van der Waals surface area contributed by atoms with Crippen LogP contribution in [0.25, 0.3) is 0 Å². The van der Waals surface area contributed by atoms with E-state index in [1.165, 1.54) is 0 Å². The molecule has 76 valence electrons. The molecule has 1 heterocycles. The van der Waals surface area contributed by atoms with Crippen LogP contribution in [0.4, 0.5) is 14.5 Å². The van der Waals surface area contributed by atoms with Gasteiger partial charge >= 0.3 is 0 Å². The minimum atomic E-state index is -3.06. The van der Waals surface area contributed by atoms with Gasteiger partial charge < -0.3 is 4.98 Å². The molecule has 0 saturated carbocycles. The minimum absolute atomic E-state index is 0.485. The number of H-pyrrole nitrogens is 1. The van der Waals surface area contributed by atoms with Gasteiger partial charge in [0.05, 0.1) is 11.1 Å². The van der Waals surface area contributed by atoms with E-state index in [1.54, 1.807) is 0 Å². The highest BCUT2D eigenvalue weighted by molar-refractivity contribution is 9.10. The molecule has 0 aliphatic rings. The van der Waals surface area contributed by atoms with Crippen molar-refractivity contribution >= 4 is 21.6 Å². The molecule has 8 heteroatoms. The average molecular weight is 269 g/mol. The topological polar surface area (TPSA) is 76.0 Å². The summed E-state index contributed by atoms with van der Waals surface area (Å²) in [7, 11) is 0. The predicted octanol–water partition coefficient (Wildman–Crippen LogP) is 1.98. The Kier molecular flexibility index (Phi) is 2.94. The van der Waals surface area contributed by atoms with Crippen molar-refractivity contribution in [3.63, 3.8) is 0 Å². The van der Waals surface area contributed by atoms with Gasteiger partial charge in [0.2, 0.25) is 0 Å². The highest BCUT2D eigenvalue weighted by atomic mass is 79.9. The molecule has 1 aromatic rings. The molecule has 0 radical (unpaired) electrons. The number of rotatable bonds is 2. The highest BCUT2D eigenvalue weighted by Crippen LogP contribution is 2.30. The van der Waals surface area contributed by atoms with Crippen LogP contribution in [0.3, 0.4) is 0 Å². The monoisotopic (exact) mass is 268 g/mol. The van der Waals surface area contributed by atoms with Gasteiger partial charge in [-0.1, -0.05) is 0 Å². The first-order chi connectivity index (χ1) is 6.45. The zero-order chi connectivity index (χ0) is 10.9. The Labute approximate surface area is 84.0 Å². The molecule has 0 unspecified atom stereocenters. The molecule has 5 nitrogen and oxygen atoms in total. The van der Waals surface area contributed by atoms with Crippen molar-refractivity contribution in [3.8, 4) is 0 Å². The van der Waals surface area contributed by atoms with Crippen molar-refractivity contribution in [1.82, 2.24) is 4.98 Å². The summed E-state index contributed by atoms with van der Waals surface area (Å²) in [5.41, 5.74) is -2.57. The summed E-state index contributed by atoms with van der Waals surface area (Å²) < 4.78 is 24.0. The van der Waals surface area contributed by atoms with Gasteiger partial charge in [0, 0.05) is 0 Å². The Bertz CT molecular complexity index is 432. The molecule has 0 saturated heterocycles. The first-order valence-corrected chi connectivity index (χ1v) is 4.08. The van der Waals surface area contributed by atoms with E-state index in [0.717, 1.165) is 6.20 Å². The number of aromatic amines is 1. The maximum Gasteiger partial charge on any atom is 0.300 e. The quantitative estimate of drug-likeness (QED) is 0.658. The summed E-state index contributed by atoms with van der Waals surface area (Å²) in [5, 5.41) is 10.3. The van der Waals surface area contributed by atoms with Crippen LogP contribution in [-0.2, 0) is 0 Å². The normalized spacial score (nSPS) is 10.6. The minimum Gasteiger partial charge on any atom is -0.322 e. The van der Waals surface area contributed by atoms with Crippen molar-refractivity contribution in [3.05, 3.63) is 36.7 Å². The number of nitrogens with zero attached hydrogens (tertiary/aromatic N) is 1. The fourth-order valence-electron chi connectivity index (χ4n) is 0.840. The third kappa shape index (κ3) is 1.79. The summed E-state index contributed by atoms with van der Waals surface area (Å²) in [6.07, 6.45) is -2.30. The summed E-state index contributed by atoms with van der Waals surface area (Å²) >= 11 is 2.59. The number of nitro groups is 1. The number of alkyl halides is 2. The van der Waals surface area contributed by atoms with Gasteiger partial charge in [-0.05, 0) is 15.9 Å². The second-order valence-corrected chi connectivity index (χ2v) is 3.08. The Morgan fingerprint density at radius 3 is 2.57 bits per heavy atom. The van der Waals surface area contributed by atoms with Gasteiger partial charge in [-0.15, -0.1) is 0 Å². The Balaban J connectivity index is 3.49. The van der Waals surface area contributed by atoms with Crippen LogP contribution in [0.1, 0.15) is 12.0 Å². The highest BCUT2D eigenvalue weighted by Gasteiger charge is 2.24. The molecule has 0 atom stereocenters. The zero-order valence-corrected chi connectivity index (χ0v) is 8.05. The fraction of sp³-hybridized carbons (Fsp3) is 0.167. The van der Waals surface area contributed by atoms with Crippen LogP contribution in [0.5, 0.6) is 0 Å². The molecule has 0 amide bonds. The summed E-state index contributed by atoms with van der Waals surface area (Å²) in [6.45, 7) is 0. The molecule has 0 fully saturated rings. The second-order valence-electron chi connectivity index (χ2n) is 2.29. The number of aromatic nitrogens is 1. The largest absolute Gasteiger partial charge is 0.322 e. The predicted molar refractivity (Wildman–Crippen MR) is 46.4 cm³/mol. The van der Waals surface area contributed by atoms with Gasteiger partial charge in [0.1, 0.15) is 10.0 Å². The summed E-state index contributed by atoms with van der Waals surface area (Å²) in [4.78, 5) is 22.2. The lowest BCUT2D eigenvalue weighted by atomic mass is 10.2. The van der Waals surface area contributed by atoms with Crippen molar-refractivity contribution in [2.45, 2.75) is 6.43 Å². The second kappa shape index (κ2) is 3.82. The van der Waals surface area contributed by atoms with E-state index < -0.39 is 32.6 Å². The van der Waals surface area contributed by atoms with Gasteiger partial charge in [-0.3, -0.25) is 14.9 Å². The standard InChI is InChI=1S/C6H3BrF2N2O3/c7-4-2(11(13)14)1-10-6(12)3(4)5(8)9/h1,5H,(H,10,12). The number of hydrogen-bond donors (Lipinski definition) is 1. The van der Waals surface area contributed by atoms with Crippen molar-refractivity contribution in [2.75, 3.05) is 0 Å². The van der Waals surface area contributed by atoms with Crippen LogP contribution in [0.15, 0.2) is 15.5 Å². The molecule has 0 aliphatic heterocycles. The van der Waals surface area contributed by atoms with E-state index in [4.69, 9.17) is 0 Å². The van der Waals surface area contributed by atoms with E-state index in [0.29, 0.717) is 0 Å². The molecule has 0 bridgehead atoms. The molecule has 0 aliphatic carbocycles. The first kappa shape index (κ1) is 10.8. The van der Waals surface area contributed by atoms with Crippen molar-refractivity contribution in [1.29, 1.82) is 0 Å². The number of pyridine rings is 1. The average Bonchev–Trinajstić information content (AvgIpc) is 2.02. The molecular weight excluding hydrogens is 266 g/mol. The Morgan fingerprint density at radius 2 is 2.14 bits per heavy atom. The van der Waals surface area contributed by atoms with Crippen molar-refractivity contribution < 1.29 is 13.7 Å². The Morgan fingerprint density at radius 1 is 1.57 bits per heavy atom. The maximum atomic E-state index is 12.3. The van der Waals surface area contributed by atoms with Crippen molar-refractivity contribution in [2.24, 2.45) is 0 Å². The lowest BCUT2D eigenvalue weighted by Gasteiger charge is -2.01. The molecule has 1 N–H and O–H groups in total. The fourth-order valence-corrected chi connectivity index (χ4v) is 1.45. The zero-order valence-electron chi connectivity index (χ0n) is 6.46. The third-order valence-electron chi connectivity index (χ3n) is 1.46. The lowest BCUT2D eigenvalue weighted by Crippen LogP contribution is -2.14. The molecule has 1 rings (SSSR count). The first-order valence-electron chi connectivity index (χ1n) is 3.28. The molecule has 14 heavy (non-hydrogen) atoms. The molecule has 0 spiro atoms. The van der Waals surface area contributed by atoms with Crippen LogP contribution in [-0.4, -0.2) is 9.91 Å². The number of nitrogens with one attached hydrogen (secondary N) is 1.